The van der Waals surface area contributed by atoms with Gasteiger partial charge in [-0.25, -0.2) is 4.98 Å². The van der Waals surface area contributed by atoms with Crippen LogP contribution in [0.4, 0.5) is 17.2 Å². The van der Waals surface area contributed by atoms with Crippen LogP contribution in [-0.2, 0) is 0 Å². The van der Waals surface area contributed by atoms with Crippen molar-refractivity contribution in [2.24, 2.45) is 0 Å². The minimum atomic E-state index is 0.106. The van der Waals surface area contributed by atoms with Gasteiger partial charge in [0.25, 0.3) is 0 Å². The Hall–Kier alpha value is -7.77. The third-order valence-electron chi connectivity index (χ3n) is 11.8. The first kappa shape index (κ1) is 33.4. The molecule has 6 aromatic heterocycles. The lowest BCUT2D eigenvalue weighted by Crippen LogP contribution is -2.11. The van der Waals surface area contributed by atoms with Crippen molar-refractivity contribution in [2.45, 2.75) is 19.3 Å². The van der Waals surface area contributed by atoms with Crippen molar-refractivity contribution in [1.29, 1.82) is 0 Å². The van der Waals surface area contributed by atoms with E-state index in [0.29, 0.717) is 0 Å². The molecule has 1 atom stereocenters. The first-order valence-corrected chi connectivity index (χ1v) is 20.1. The summed E-state index contributed by atoms with van der Waals surface area (Å²) < 4.78 is 12.0. The Labute approximate surface area is 339 Å². The minimum absolute atomic E-state index is 0.106. The molecule has 1 aliphatic carbocycles. The Kier molecular flexibility index (Phi) is 7.44. The third kappa shape index (κ3) is 5.11. The SMILES string of the molecule is CC1CC(n2c3ccccc3c3ncccc32)=Cc2c1oc1c(-n3c4ccccc4c4ncccc43)ccc(-c3cccc(N(c4ccccc4)c4ccccn4)c3)c21. The molecule has 0 bridgehead atoms. The predicted molar refractivity (Wildman–Crippen MR) is 241 cm³/mol. The molecule has 7 nitrogen and oxygen atoms in total. The smallest absolute Gasteiger partial charge is 0.159 e. The molecule has 6 heterocycles. The predicted octanol–water partition coefficient (Wildman–Crippen LogP) is 13.5. The van der Waals surface area contributed by atoms with Crippen molar-refractivity contribution in [3.8, 4) is 16.8 Å². The topological polar surface area (TPSA) is 64.9 Å². The number of anilines is 3. The van der Waals surface area contributed by atoms with E-state index in [2.05, 4.69) is 154 Å². The number of hydrogen-bond acceptors (Lipinski definition) is 5. The van der Waals surface area contributed by atoms with Crippen LogP contribution in [0.15, 0.2) is 181 Å². The number of fused-ring (bicyclic) bond motifs is 9. The van der Waals surface area contributed by atoms with Crippen molar-refractivity contribution < 1.29 is 4.42 Å². The molecule has 280 valence electrons. The van der Waals surface area contributed by atoms with Crippen molar-refractivity contribution >= 4 is 83.8 Å². The molecule has 59 heavy (non-hydrogen) atoms. The summed E-state index contributed by atoms with van der Waals surface area (Å²) in [5, 5.41) is 3.34. The maximum absolute atomic E-state index is 7.25. The summed E-state index contributed by atoms with van der Waals surface area (Å²) >= 11 is 0. The number of allylic oxidation sites excluding steroid dienone is 1. The summed E-state index contributed by atoms with van der Waals surface area (Å²) in [6, 6.07) is 55.2. The van der Waals surface area contributed by atoms with E-state index in [4.69, 9.17) is 19.4 Å². The van der Waals surface area contributed by atoms with Gasteiger partial charge in [0.2, 0.25) is 0 Å². The van der Waals surface area contributed by atoms with Crippen LogP contribution in [0.3, 0.4) is 0 Å². The van der Waals surface area contributed by atoms with Gasteiger partial charge < -0.3 is 13.6 Å². The van der Waals surface area contributed by atoms with Gasteiger partial charge in [0.1, 0.15) is 11.6 Å². The maximum Gasteiger partial charge on any atom is 0.159 e. The summed E-state index contributed by atoms with van der Waals surface area (Å²) in [4.78, 5) is 16.7. The zero-order valence-corrected chi connectivity index (χ0v) is 32.2. The highest BCUT2D eigenvalue weighted by Gasteiger charge is 2.30. The number of furan rings is 1. The Balaban J connectivity index is 1.15. The zero-order chi connectivity index (χ0) is 39.0. The maximum atomic E-state index is 7.25. The summed E-state index contributed by atoms with van der Waals surface area (Å²) in [6.45, 7) is 2.29. The highest BCUT2D eigenvalue weighted by molar-refractivity contribution is 6.13. The largest absolute Gasteiger partial charge is 0.458 e. The van der Waals surface area contributed by atoms with Gasteiger partial charge in [-0.15, -0.1) is 0 Å². The van der Waals surface area contributed by atoms with Crippen LogP contribution in [0.1, 0.15) is 30.6 Å². The first-order valence-electron chi connectivity index (χ1n) is 20.1. The fourth-order valence-electron chi connectivity index (χ4n) is 9.37. The molecule has 12 rings (SSSR count). The van der Waals surface area contributed by atoms with Crippen molar-refractivity contribution in [3.63, 3.8) is 0 Å². The van der Waals surface area contributed by atoms with E-state index in [1.807, 2.05) is 48.9 Å². The van der Waals surface area contributed by atoms with Gasteiger partial charge in [-0.2, -0.15) is 0 Å². The molecule has 5 aromatic carbocycles. The molecule has 0 saturated heterocycles. The van der Waals surface area contributed by atoms with Gasteiger partial charge in [0.15, 0.2) is 5.58 Å². The van der Waals surface area contributed by atoms with E-state index in [0.717, 1.165) is 107 Å². The Bertz CT molecular complexity index is 3300. The van der Waals surface area contributed by atoms with Crippen LogP contribution in [0.2, 0.25) is 0 Å². The standard InChI is InChI=1S/C52H36N6O/c1-33-30-37(57-42-20-7-5-18-39(42)49-44(57)22-12-28-54-49)32-41-48-38(34-14-11-17-36(31-34)56(35-15-3-2-4-16-35)47-24-9-10-27-53-47)25-26-46(52(48)59-51(33)41)58-43-21-8-6-19-40(43)50-45(58)23-13-29-55-50/h2-29,31-33H,30H2,1H3. The second kappa shape index (κ2) is 13.1. The fraction of sp³-hybridized carbons (Fsp3) is 0.0577. The molecular formula is C52H36N6O. The van der Waals surface area contributed by atoms with E-state index >= 15 is 0 Å². The van der Waals surface area contributed by atoms with E-state index in [1.54, 1.807) is 0 Å². The molecular weight excluding hydrogens is 725 g/mol. The van der Waals surface area contributed by atoms with Crippen LogP contribution in [0.25, 0.3) is 83.4 Å². The fourth-order valence-corrected chi connectivity index (χ4v) is 9.37. The highest BCUT2D eigenvalue weighted by atomic mass is 16.3. The normalized spacial score (nSPS) is 14.1. The number of nitrogens with zero attached hydrogens (tertiary/aromatic N) is 6. The summed E-state index contributed by atoms with van der Waals surface area (Å²) in [7, 11) is 0. The van der Waals surface area contributed by atoms with Gasteiger partial charge in [0.05, 0.1) is 38.8 Å². The number of benzene rings is 5. The molecule has 0 N–H and O–H groups in total. The third-order valence-corrected chi connectivity index (χ3v) is 11.8. The quantitative estimate of drug-likeness (QED) is 0.169. The molecule has 0 amide bonds. The summed E-state index contributed by atoms with van der Waals surface area (Å²) in [5.41, 5.74) is 14.7. The van der Waals surface area contributed by atoms with Crippen molar-refractivity contribution in [3.05, 3.63) is 188 Å². The Morgan fingerprint density at radius 2 is 1.22 bits per heavy atom. The van der Waals surface area contributed by atoms with Crippen LogP contribution >= 0.6 is 0 Å². The second-order valence-corrected chi connectivity index (χ2v) is 15.3. The van der Waals surface area contributed by atoms with Crippen LogP contribution in [0, 0.1) is 0 Å². The number of pyridine rings is 3. The molecule has 0 fully saturated rings. The van der Waals surface area contributed by atoms with Crippen LogP contribution in [-0.4, -0.2) is 24.1 Å². The molecule has 0 spiro atoms. The number of hydrogen-bond donors (Lipinski definition) is 0. The Morgan fingerprint density at radius 1 is 0.576 bits per heavy atom. The van der Waals surface area contributed by atoms with Gasteiger partial charge in [-0.3, -0.25) is 14.9 Å². The van der Waals surface area contributed by atoms with Gasteiger partial charge in [-0.1, -0.05) is 85.8 Å². The number of para-hydroxylation sites is 3. The lowest BCUT2D eigenvalue weighted by Gasteiger charge is -2.25. The summed E-state index contributed by atoms with van der Waals surface area (Å²) in [5.74, 6) is 1.94. The molecule has 7 heteroatoms. The van der Waals surface area contributed by atoms with Gasteiger partial charge in [0, 0.05) is 63.3 Å². The Morgan fingerprint density at radius 3 is 1.97 bits per heavy atom. The lowest BCUT2D eigenvalue weighted by atomic mass is 9.89. The average molecular weight is 761 g/mol. The average Bonchev–Trinajstić information content (AvgIpc) is 3.96. The second-order valence-electron chi connectivity index (χ2n) is 15.3. The van der Waals surface area contributed by atoms with E-state index in [9.17, 15) is 0 Å². The molecule has 0 radical (unpaired) electrons. The molecule has 11 aromatic rings. The highest BCUT2D eigenvalue weighted by Crippen LogP contribution is 2.49. The zero-order valence-electron chi connectivity index (χ0n) is 32.2. The van der Waals surface area contributed by atoms with E-state index in [-0.39, 0.29) is 5.92 Å². The summed E-state index contributed by atoms with van der Waals surface area (Å²) in [6.07, 6.45) is 8.78. The first-order chi connectivity index (χ1) is 29.2. The van der Waals surface area contributed by atoms with Gasteiger partial charge >= 0.3 is 0 Å². The number of aromatic nitrogens is 5. The number of rotatable bonds is 6. The lowest BCUT2D eigenvalue weighted by molar-refractivity contribution is 0.503. The molecule has 1 aliphatic rings. The van der Waals surface area contributed by atoms with Crippen LogP contribution < -0.4 is 4.90 Å². The van der Waals surface area contributed by atoms with Crippen molar-refractivity contribution in [1.82, 2.24) is 24.1 Å². The van der Waals surface area contributed by atoms with E-state index in [1.165, 1.54) is 5.70 Å². The molecule has 0 saturated carbocycles. The minimum Gasteiger partial charge on any atom is -0.458 e. The monoisotopic (exact) mass is 760 g/mol. The molecule has 0 aliphatic heterocycles. The van der Waals surface area contributed by atoms with Crippen LogP contribution in [0.5, 0.6) is 0 Å². The van der Waals surface area contributed by atoms with Gasteiger partial charge in [-0.05, 0) is 102 Å². The van der Waals surface area contributed by atoms with Crippen molar-refractivity contribution in [2.75, 3.05) is 4.90 Å². The van der Waals surface area contributed by atoms with E-state index < -0.39 is 0 Å². The molecule has 1 unspecified atom stereocenters.